The molecule has 0 amide bonds. The van der Waals surface area contributed by atoms with Gasteiger partial charge in [-0.25, -0.2) is 0 Å². The van der Waals surface area contributed by atoms with E-state index >= 15 is 0 Å². The van der Waals surface area contributed by atoms with E-state index in [1.807, 2.05) is 0 Å². The van der Waals surface area contributed by atoms with E-state index in [9.17, 15) is 4.79 Å². The molecule has 0 atom stereocenters. The van der Waals surface area contributed by atoms with Gasteiger partial charge in [0.25, 0.3) is 0 Å². The smallest absolute Gasteiger partial charge is 0.202 e. The number of hydrogen-bond donors (Lipinski definition) is 1. The molecule has 11 heavy (non-hydrogen) atoms. The van der Waals surface area contributed by atoms with Crippen LogP contribution in [0.1, 0.15) is 6.42 Å². The highest BCUT2D eigenvalue weighted by Gasteiger charge is 2.15. The molecule has 0 bridgehead atoms. The molecule has 0 aromatic rings. The van der Waals surface area contributed by atoms with Crippen LogP contribution in [0, 0.1) is 0 Å². The summed E-state index contributed by atoms with van der Waals surface area (Å²) in [7, 11) is 0. The predicted octanol–water partition coefficient (Wildman–Crippen LogP) is -0.0894. The van der Waals surface area contributed by atoms with Crippen LogP contribution in [0.2, 0.25) is 0 Å². The zero-order valence-electron chi connectivity index (χ0n) is 6.58. The normalized spacial score (nSPS) is 20.6. The largest absolute Gasteiger partial charge is 0.330 e. The van der Waals surface area contributed by atoms with Crippen molar-refractivity contribution in [3.8, 4) is 0 Å². The Balaban J connectivity index is 2.17. The first kappa shape index (κ1) is 9.03. The van der Waals surface area contributed by atoms with E-state index in [-0.39, 0.29) is 0 Å². The van der Waals surface area contributed by atoms with Crippen molar-refractivity contribution >= 4 is 16.9 Å². The molecule has 1 aliphatic rings. The van der Waals surface area contributed by atoms with Gasteiger partial charge in [0.2, 0.25) is 5.12 Å². The Morgan fingerprint density at radius 2 is 2.45 bits per heavy atom. The highest BCUT2D eigenvalue weighted by Crippen LogP contribution is 2.10. The van der Waals surface area contributed by atoms with Crippen LogP contribution in [0.15, 0.2) is 0 Å². The van der Waals surface area contributed by atoms with E-state index in [1.165, 1.54) is 11.8 Å². The van der Waals surface area contributed by atoms with Crippen LogP contribution in [0.3, 0.4) is 0 Å². The summed E-state index contributed by atoms with van der Waals surface area (Å²) in [5.74, 6) is 0.948. The summed E-state index contributed by atoms with van der Waals surface area (Å²) in [6, 6.07) is 0. The van der Waals surface area contributed by atoms with Crippen molar-refractivity contribution in [3.05, 3.63) is 0 Å². The highest BCUT2D eigenvalue weighted by molar-refractivity contribution is 8.13. The zero-order valence-corrected chi connectivity index (χ0v) is 7.40. The van der Waals surface area contributed by atoms with Gasteiger partial charge in [0.1, 0.15) is 0 Å². The molecule has 1 rings (SSSR count). The first-order valence-corrected chi connectivity index (χ1v) is 4.89. The number of rotatable bonds is 3. The predicted molar refractivity (Wildman–Crippen MR) is 47.6 cm³/mol. The minimum absolute atomic E-state index is 0.299. The number of nitrogens with two attached hydrogens (primary N) is 1. The molecule has 4 heteroatoms. The molecule has 0 aliphatic carbocycles. The van der Waals surface area contributed by atoms with Gasteiger partial charge in [-0.1, -0.05) is 11.8 Å². The summed E-state index contributed by atoms with van der Waals surface area (Å²) in [6.07, 6.45) is 0.998. The third-order valence-electron chi connectivity index (χ3n) is 1.70. The van der Waals surface area contributed by atoms with Gasteiger partial charge in [-0.05, 0) is 19.5 Å². The zero-order chi connectivity index (χ0) is 8.10. The van der Waals surface area contributed by atoms with Crippen molar-refractivity contribution in [3.63, 3.8) is 0 Å². The molecule has 0 spiro atoms. The minimum atomic E-state index is 0.299. The third-order valence-corrected chi connectivity index (χ3v) is 2.54. The Bertz CT molecular complexity index is 140. The summed E-state index contributed by atoms with van der Waals surface area (Å²) < 4.78 is 0. The molecular weight excluding hydrogens is 160 g/mol. The van der Waals surface area contributed by atoms with Gasteiger partial charge in [-0.2, -0.15) is 0 Å². The molecule has 1 saturated heterocycles. The van der Waals surface area contributed by atoms with Crippen LogP contribution in [-0.2, 0) is 4.79 Å². The number of carbonyl (C=O) groups excluding carboxylic acids is 1. The van der Waals surface area contributed by atoms with Gasteiger partial charge < -0.3 is 5.73 Å². The molecule has 0 saturated carbocycles. The molecule has 1 fully saturated rings. The Labute approximate surface area is 71.3 Å². The van der Waals surface area contributed by atoms with Gasteiger partial charge in [0.05, 0.1) is 6.54 Å². The molecule has 3 nitrogen and oxygen atoms in total. The van der Waals surface area contributed by atoms with Crippen LogP contribution >= 0.6 is 11.8 Å². The molecule has 1 aliphatic heterocycles. The lowest BCUT2D eigenvalue weighted by atomic mass is 10.4. The summed E-state index contributed by atoms with van der Waals surface area (Å²) in [5.41, 5.74) is 5.36. The van der Waals surface area contributed by atoms with Gasteiger partial charge in [-0.3, -0.25) is 9.69 Å². The molecule has 0 unspecified atom stereocenters. The summed E-state index contributed by atoms with van der Waals surface area (Å²) in [4.78, 5) is 13.1. The van der Waals surface area contributed by atoms with Crippen LogP contribution in [0.25, 0.3) is 0 Å². The average molecular weight is 174 g/mol. The molecular formula is C7H14N2OS. The Hall–Kier alpha value is -0.0600. The molecule has 0 aromatic heterocycles. The lowest BCUT2D eigenvalue weighted by molar-refractivity contribution is -0.112. The Morgan fingerprint density at radius 1 is 1.64 bits per heavy atom. The van der Waals surface area contributed by atoms with Crippen molar-refractivity contribution in [1.82, 2.24) is 4.90 Å². The quantitative estimate of drug-likeness (QED) is 0.649. The minimum Gasteiger partial charge on any atom is -0.330 e. The van der Waals surface area contributed by atoms with Gasteiger partial charge in [0, 0.05) is 12.3 Å². The van der Waals surface area contributed by atoms with Crippen molar-refractivity contribution in [2.45, 2.75) is 6.42 Å². The second kappa shape index (κ2) is 4.74. The Morgan fingerprint density at radius 3 is 3.09 bits per heavy atom. The highest BCUT2D eigenvalue weighted by atomic mass is 32.2. The second-order valence-electron chi connectivity index (χ2n) is 2.64. The topological polar surface area (TPSA) is 46.3 Å². The maximum absolute atomic E-state index is 10.9. The number of nitrogens with zero attached hydrogens (tertiary/aromatic N) is 1. The first-order valence-electron chi connectivity index (χ1n) is 3.91. The van der Waals surface area contributed by atoms with Crippen molar-refractivity contribution in [2.24, 2.45) is 5.73 Å². The van der Waals surface area contributed by atoms with Crippen LogP contribution in [-0.4, -0.2) is 41.9 Å². The fraction of sp³-hybridized carbons (Fsp3) is 0.857. The summed E-state index contributed by atoms with van der Waals surface area (Å²) >= 11 is 1.44. The fourth-order valence-electron chi connectivity index (χ4n) is 1.10. The van der Waals surface area contributed by atoms with E-state index in [4.69, 9.17) is 5.73 Å². The summed E-state index contributed by atoms with van der Waals surface area (Å²) in [5, 5.41) is 0.299. The lowest BCUT2D eigenvalue weighted by Crippen LogP contribution is -2.36. The third kappa shape index (κ3) is 3.22. The number of hydrogen-bond acceptors (Lipinski definition) is 4. The fourth-order valence-corrected chi connectivity index (χ4v) is 1.95. The molecule has 64 valence electrons. The summed E-state index contributed by atoms with van der Waals surface area (Å²) in [6.45, 7) is 3.35. The number of thioether (sulfide) groups is 1. The molecule has 1 heterocycles. The average Bonchev–Trinajstić information content (AvgIpc) is 2.01. The van der Waals surface area contributed by atoms with Gasteiger partial charge >= 0.3 is 0 Å². The lowest BCUT2D eigenvalue weighted by Gasteiger charge is -2.24. The van der Waals surface area contributed by atoms with Crippen molar-refractivity contribution < 1.29 is 4.79 Å². The van der Waals surface area contributed by atoms with E-state index in [2.05, 4.69) is 4.90 Å². The maximum Gasteiger partial charge on any atom is 0.202 e. The van der Waals surface area contributed by atoms with E-state index in [0.29, 0.717) is 11.7 Å². The van der Waals surface area contributed by atoms with E-state index in [1.54, 1.807) is 0 Å². The number of carbonyl (C=O) groups is 1. The Kier molecular flexibility index (Phi) is 3.90. The van der Waals surface area contributed by atoms with Crippen LogP contribution in [0.4, 0.5) is 0 Å². The molecule has 2 N–H and O–H groups in total. The maximum atomic E-state index is 10.9. The van der Waals surface area contributed by atoms with Crippen LogP contribution in [0.5, 0.6) is 0 Å². The molecule has 0 aromatic carbocycles. The van der Waals surface area contributed by atoms with Crippen molar-refractivity contribution in [1.29, 1.82) is 0 Å². The van der Waals surface area contributed by atoms with Gasteiger partial charge in [-0.15, -0.1) is 0 Å². The van der Waals surface area contributed by atoms with Crippen LogP contribution < -0.4 is 5.73 Å². The monoisotopic (exact) mass is 174 g/mol. The SMILES string of the molecule is NCCCN1CCSC(=O)C1. The second-order valence-corrected chi connectivity index (χ2v) is 3.79. The molecule has 0 radical (unpaired) electrons. The first-order chi connectivity index (χ1) is 5.33. The van der Waals surface area contributed by atoms with Crippen molar-refractivity contribution in [2.75, 3.05) is 31.9 Å². The van der Waals surface area contributed by atoms with E-state index in [0.717, 1.165) is 31.8 Å². The van der Waals surface area contributed by atoms with E-state index < -0.39 is 0 Å². The van der Waals surface area contributed by atoms with Gasteiger partial charge in [0.15, 0.2) is 0 Å². The standard InChI is InChI=1S/C7H14N2OS/c8-2-1-3-9-4-5-11-7(10)6-9/h1-6,8H2.